The number of halogens is 4. The Morgan fingerprint density at radius 3 is 2.32 bits per heavy atom. The zero-order valence-electron chi connectivity index (χ0n) is 19.9. The number of carbonyl (C=O) groups excluding carboxylic acids is 1. The largest absolute Gasteiger partial charge is 0.344 e. The second kappa shape index (κ2) is 11.4. The van der Waals surface area contributed by atoms with Crippen LogP contribution in [0.4, 0.5) is 0 Å². The molecule has 0 aliphatic heterocycles. The predicted octanol–water partition coefficient (Wildman–Crippen LogP) is 7.50. The van der Waals surface area contributed by atoms with E-state index in [0.717, 1.165) is 20.1 Å². The number of nitrogens with zero attached hydrogens (tertiary/aromatic N) is 5. The Bertz CT molecular complexity index is 1590. The summed E-state index contributed by atoms with van der Waals surface area (Å²) in [5, 5.41) is 13.1. The van der Waals surface area contributed by atoms with Gasteiger partial charge in [0.25, 0.3) is 5.91 Å². The van der Waals surface area contributed by atoms with Gasteiger partial charge in [-0.2, -0.15) is 10.2 Å². The van der Waals surface area contributed by atoms with Crippen molar-refractivity contribution in [1.82, 2.24) is 29.9 Å². The van der Waals surface area contributed by atoms with Crippen molar-refractivity contribution in [2.45, 2.75) is 19.5 Å². The maximum atomic E-state index is 13.8. The fourth-order valence-electron chi connectivity index (χ4n) is 4.09. The molecule has 2 aromatic heterocycles. The molecule has 7 nitrogen and oxygen atoms in total. The van der Waals surface area contributed by atoms with E-state index in [2.05, 4.69) is 47.3 Å². The number of nitrogens with one attached hydrogen (secondary N) is 1. The Balaban J connectivity index is 1.67. The van der Waals surface area contributed by atoms with Crippen molar-refractivity contribution in [2.75, 3.05) is 0 Å². The zero-order valence-corrected chi connectivity index (χ0v) is 24.6. The molecule has 11 heteroatoms. The molecule has 0 bridgehead atoms. The molecular weight excluding hydrogens is 655 g/mol. The van der Waals surface area contributed by atoms with E-state index in [0.29, 0.717) is 27.0 Å². The fourth-order valence-corrected chi connectivity index (χ4v) is 5.11. The van der Waals surface area contributed by atoms with Gasteiger partial charge in [-0.15, -0.1) is 0 Å². The first kappa shape index (κ1) is 26.6. The molecule has 0 fully saturated rings. The molecule has 1 atom stereocenters. The van der Waals surface area contributed by atoms with Gasteiger partial charge in [0, 0.05) is 25.1 Å². The van der Waals surface area contributed by atoms with Crippen LogP contribution < -0.4 is 5.32 Å². The fraction of sp³-hybridized carbons (Fsp3) is 0.111. The van der Waals surface area contributed by atoms with Gasteiger partial charge in [0.1, 0.15) is 12.7 Å². The minimum atomic E-state index is -0.322. The van der Waals surface area contributed by atoms with E-state index >= 15 is 0 Å². The molecule has 0 saturated carbocycles. The maximum Gasteiger partial charge on any atom is 0.272 e. The molecule has 0 aliphatic carbocycles. The molecule has 192 valence electrons. The molecule has 1 amide bonds. The van der Waals surface area contributed by atoms with Crippen molar-refractivity contribution >= 4 is 61.0 Å². The third-order valence-corrected chi connectivity index (χ3v) is 7.55. The summed E-state index contributed by atoms with van der Waals surface area (Å²) >= 11 is 19.8. The number of benzene rings is 3. The smallest absolute Gasteiger partial charge is 0.272 e. The van der Waals surface area contributed by atoms with Gasteiger partial charge in [-0.05, 0) is 55.0 Å². The Hall–Kier alpha value is -2.98. The Morgan fingerprint density at radius 2 is 1.68 bits per heavy atom. The van der Waals surface area contributed by atoms with Crippen LogP contribution >= 0.6 is 55.1 Å². The lowest BCUT2D eigenvalue weighted by molar-refractivity contribution is 0.0933. The predicted molar refractivity (Wildman–Crippen MR) is 156 cm³/mol. The number of aromatic nitrogens is 5. The third kappa shape index (κ3) is 5.71. The summed E-state index contributed by atoms with van der Waals surface area (Å²) in [6, 6.07) is 20.5. The number of carbonyl (C=O) groups is 1. The van der Waals surface area contributed by atoms with Gasteiger partial charge in [0.2, 0.25) is 0 Å². The van der Waals surface area contributed by atoms with E-state index < -0.39 is 0 Å². The van der Waals surface area contributed by atoms with E-state index in [-0.39, 0.29) is 24.2 Å². The Morgan fingerprint density at radius 1 is 1.00 bits per heavy atom. The SMILES string of the molecule is CC(NC(=O)c1nn(-c2ccc(Cl)cc2Cl)c(-c2ccc(Br)cc2)c1Cn1cncn1)c1ccc(Br)cc1. The lowest BCUT2D eigenvalue weighted by Gasteiger charge is -2.14. The van der Waals surface area contributed by atoms with Gasteiger partial charge in [-0.3, -0.25) is 4.79 Å². The molecule has 0 aliphatic rings. The minimum absolute atomic E-state index is 0.254. The molecule has 2 heterocycles. The van der Waals surface area contributed by atoms with Crippen molar-refractivity contribution in [3.63, 3.8) is 0 Å². The quantitative estimate of drug-likeness (QED) is 0.194. The summed E-state index contributed by atoms with van der Waals surface area (Å²) in [6.45, 7) is 2.20. The molecule has 5 rings (SSSR count). The van der Waals surface area contributed by atoms with E-state index in [1.165, 1.54) is 6.33 Å². The molecule has 0 spiro atoms. The van der Waals surface area contributed by atoms with Crippen molar-refractivity contribution in [3.05, 3.63) is 115 Å². The first-order valence-electron chi connectivity index (χ1n) is 11.5. The van der Waals surface area contributed by atoms with E-state index in [1.54, 1.807) is 33.9 Å². The average molecular weight is 675 g/mol. The standard InChI is InChI=1S/C27H20Br2Cl2N6O/c1-16(17-2-6-19(28)7-3-17)34-27(38)25-22(13-36-15-32-14-33-36)26(18-4-8-20(29)9-5-18)37(35-25)24-11-10-21(30)12-23(24)31/h2-12,14-16H,13H2,1H3,(H,34,38). The number of hydrogen-bond donors (Lipinski definition) is 1. The van der Waals surface area contributed by atoms with Crippen LogP contribution in [0, 0.1) is 0 Å². The molecule has 1 N–H and O–H groups in total. The highest BCUT2D eigenvalue weighted by Gasteiger charge is 2.27. The van der Waals surface area contributed by atoms with Crippen LogP contribution in [-0.4, -0.2) is 30.5 Å². The van der Waals surface area contributed by atoms with E-state index in [4.69, 9.17) is 28.3 Å². The normalized spacial score (nSPS) is 11.9. The summed E-state index contributed by atoms with van der Waals surface area (Å²) in [5.41, 5.74) is 4.04. The van der Waals surface area contributed by atoms with Crippen LogP contribution in [-0.2, 0) is 6.54 Å². The van der Waals surface area contributed by atoms with Crippen LogP contribution in [0.3, 0.4) is 0 Å². The van der Waals surface area contributed by atoms with Gasteiger partial charge in [0.15, 0.2) is 5.69 Å². The topological polar surface area (TPSA) is 77.6 Å². The van der Waals surface area contributed by atoms with Gasteiger partial charge in [-0.1, -0.05) is 79.3 Å². The van der Waals surface area contributed by atoms with Gasteiger partial charge in [0.05, 0.1) is 29.0 Å². The zero-order chi connectivity index (χ0) is 26.8. The molecule has 0 radical (unpaired) electrons. The molecule has 1 unspecified atom stereocenters. The van der Waals surface area contributed by atoms with E-state index in [9.17, 15) is 4.79 Å². The van der Waals surface area contributed by atoms with Crippen molar-refractivity contribution in [3.8, 4) is 16.9 Å². The van der Waals surface area contributed by atoms with Crippen molar-refractivity contribution < 1.29 is 4.79 Å². The Kier molecular flexibility index (Phi) is 7.99. The number of hydrogen-bond acceptors (Lipinski definition) is 4. The number of rotatable bonds is 7. The van der Waals surface area contributed by atoms with Crippen LogP contribution in [0.25, 0.3) is 16.9 Å². The van der Waals surface area contributed by atoms with Crippen LogP contribution in [0.5, 0.6) is 0 Å². The lowest BCUT2D eigenvalue weighted by atomic mass is 10.0. The van der Waals surface area contributed by atoms with Gasteiger partial charge in [-0.25, -0.2) is 14.3 Å². The highest BCUT2D eigenvalue weighted by atomic mass is 79.9. The summed E-state index contributed by atoms with van der Waals surface area (Å²) in [5.74, 6) is -0.322. The average Bonchev–Trinajstić information content (AvgIpc) is 3.53. The minimum Gasteiger partial charge on any atom is -0.344 e. The van der Waals surface area contributed by atoms with E-state index in [1.807, 2.05) is 55.5 Å². The summed E-state index contributed by atoms with van der Waals surface area (Å²) < 4.78 is 5.23. The lowest BCUT2D eigenvalue weighted by Crippen LogP contribution is -2.28. The molecular formula is C27H20Br2Cl2N6O. The summed E-state index contributed by atoms with van der Waals surface area (Å²) in [6.07, 6.45) is 3.05. The molecule has 0 saturated heterocycles. The van der Waals surface area contributed by atoms with Crippen LogP contribution in [0.15, 0.2) is 88.3 Å². The molecule has 38 heavy (non-hydrogen) atoms. The highest BCUT2D eigenvalue weighted by Crippen LogP contribution is 2.34. The van der Waals surface area contributed by atoms with Gasteiger partial charge >= 0.3 is 0 Å². The highest BCUT2D eigenvalue weighted by molar-refractivity contribution is 9.10. The summed E-state index contributed by atoms with van der Waals surface area (Å²) in [7, 11) is 0. The second-order valence-corrected chi connectivity index (χ2v) is 11.2. The van der Waals surface area contributed by atoms with Crippen molar-refractivity contribution in [2.24, 2.45) is 0 Å². The first-order chi connectivity index (χ1) is 18.3. The third-order valence-electron chi connectivity index (χ3n) is 5.96. The van der Waals surface area contributed by atoms with Crippen molar-refractivity contribution in [1.29, 1.82) is 0 Å². The monoisotopic (exact) mass is 672 g/mol. The van der Waals surface area contributed by atoms with Gasteiger partial charge < -0.3 is 5.32 Å². The van der Waals surface area contributed by atoms with Crippen LogP contribution in [0.1, 0.15) is 34.6 Å². The summed E-state index contributed by atoms with van der Waals surface area (Å²) in [4.78, 5) is 17.8. The number of amides is 1. The first-order valence-corrected chi connectivity index (χ1v) is 13.9. The molecule has 3 aromatic carbocycles. The second-order valence-electron chi connectivity index (χ2n) is 8.53. The molecule has 5 aromatic rings. The Labute approximate surface area is 246 Å². The maximum absolute atomic E-state index is 13.8. The van der Waals surface area contributed by atoms with Crippen LogP contribution in [0.2, 0.25) is 10.0 Å².